The second kappa shape index (κ2) is 5.32. The smallest absolute Gasteiger partial charge is 0.272 e. The summed E-state index contributed by atoms with van der Waals surface area (Å²) < 4.78 is 7.29. The van der Waals surface area contributed by atoms with E-state index in [-0.39, 0.29) is 17.1 Å². The van der Waals surface area contributed by atoms with E-state index in [4.69, 9.17) is 9.72 Å². The average Bonchev–Trinajstić information content (AvgIpc) is 3.15. The van der Waals surface area contributed by atoms with Crippen LogP contribution in [0.25, 0.3) is 16.2 Å². The van der Waals surface area contributed by atoms with Gasteiger partial charge in [-0.25, -0.2) is 9.50 Å². The molecule has 0 amide bonds. The van der Waals surface area contributed by atoms with Crippen LogP contribution in [-0.2, 0) is 4.74 Å². The van der Waals surface area contributed by atoms with Crippen LogP contribution in [0, 0.1) is 0 Å². The first kappa shape index (κ1) is 14.7. The van der Waals surface area contributed by atoms with Crippen molar-refractivity contribution < 1.29 is 4.74 Å². The molecule has 4 heterocycles. The number of ether oxygens (including phenoxy) is 1. The zero-order valence-electron chi connectivity index (χ0n) is 13.2. The topological polar surface area (TPSA) is 59.4 Å². The molecule has 3 aromatic rings. The molecule has 1 fully saturated rings. The Labute approximate surface area is 137 Å². The quantitative estimate of drug-likeness (QED) is 0.783. The van der Waals surface area contributed by atoms with Crippen molar-refractivity contribution in [2.24, 2.45) is 0 Å². The summed E-state index contributed by atoms with van der Waals surface area (Å²) in [6.45, 7) is 4.90. The number of thiophene rings is 1. The Morgan fingerprint density at radius 1 is 1.43 bits per heavy atom. The van der Waals surface area contributed by atoms with Gasteiger partial charge in [0.25, 0.3) is 5.56 Å². The van der Waals surface area contributed by atoms with Crippen molar-refractivity contribution in [1.82, 2.24) is 14.6 Å². The molecule has 0 saturated carbocycles. The molecule has 1 aliphatic heterocycles. The molecule has 3 aromatic heterocycles. The second-order valence-corrected chi connectivity index (χ2v) is 7.61. The first-order valence-electron chi connectivity index (χ1n) is 7.82. The van der Waals surface area contributed by atoms with Crippen LogP contribution < -0.4 is 5.56 Å². The molecule has 1 saturated heterocycles. The third-order valence-corrected chi connectivity index (χ3v) is 5.28. The summed E-state index contributed by atoms with van der Waals surface area (Å²) in [6.07, 6.45) is 1.80. The lowest BCUT2D eigenvalue weighted by Gasteiger charge is -2.35. The highest BCUT2D eigenvalue weighted by Crippen LogP contribution is 2.34. The minimum Gasteiger partial charge on any atom is -0.376 e. The van der Waals surface area contributed by atoms with Gasteiger partial charge in [-0.1, -0.05) is 6.07 Å². The van der Waals surface area contributed by atoms with Gasteiger partial charge in [0.2, 0.25) is 0 Å². The van der Waals surface area contributed by atoms with Crippen LogP contribution >= 0.6 is 11.3 Å². The molecule has 0 aliphatic carbocycles. The minimum atomic E-state index is -0.157. The van der Waals surface area contributed by atoms with Crippen molar-refractivity contribution in [3.8, 4) is 10.6 Å². The molecule has 6 heteroatoms. The van der Waals surface area contributed by atoms with Gasteiger partial charge in [-0.2, -0.15) is 0 Å². The second-order valence-electron chi connectivity index (χ2n) is 6.66. The molecule has 0 radical (unpaired) electrons. The largest absolute Gasteiger partial charge is 0.376 e. The van der Waals surface area contributed by atoms with Gasteiger partial charge < -0.3 is 4.74 Å². The Balaban J connectivity index is 1.76. The molecule has 4 rings (SSSR count). The Bertz CT molecular complexity index is 892. The molecular formula is C17H19N3O2S. The minimum absolute atomic E-state index is 0.0582. The highest BCUT2D eigenvalue weighted by molar-refractivity contribution is 7.13. The van der Waals surface area contributed by atoms with E-state index < -0.39 is 0 Å². The SMILES string of the molecule is CC1(C)CC(c2cc(=O)n3[nH]c(-c4cccs4)cc3n2)CCO1. The molecule has 5 nitrogen and oxygen atoms in total. The number of hydrogen-bond donors (Lipinski definition) is 1. The molecule has 1 aliphatic rings. The van der Waals surface area contributed by atoms with Crippen LogP contribution in [0.15, 0.2) is 34.4 Å². The molecular weight excluding hydrogens is 310 g/mol. The van der Waals surface area contributed by atoms with Gasteiger partial charge in [0.15, 0.2) is 5.65 Å². The lowest BCUT2D eigenvalue weighted by atomic mass is 9.86. The van der Waals surface area contributed by atoms with E-state index in [9.17, 15) is 4.79 Å². The zero-order chi connectivity index (χ0) is 16.0. The van der Waals surface area contributed by atoms with Crippen LogP contribution in [-0.4, -0.2) is 26.8 Å². The Hall–Kier alpha value is -1.92. The van der Waals surface area contributed by atoms with E-state index in [0.717, 1.165) is 29.1 Å². The third-order valence-electron chi connectivity index (χ3n) is 4.37. The highest BCUT2D eigenvalue weighted by Gasteiger charge is 2.31. The number of nitrogens with one attached hydrogen (secondary N) is 1. The van der Waals surface area contributed by atoms with Crippen molar-refractivity contribution in [2.75, 3.05) is 6.61 Å². The number of aromatic nitrogens is 3. The fourth-order valence-corrected chi connectivity index (χ4v) is 3.95. The van der Waals surface area contributed by atoms with Crippen LogP contribution in [0.2, 0.25) is 0 Å². The van der Waals surface area contributed by atoms with E-state index in [1.807, 2.05) is 23.6 Å². The number of aromatic amines is 1. The lowest BCUT2D eigenvalue weighted by Crippen LogP contribution is -2.33. The molecule has 23 heavy (non-hydrogen) atoms. The van der Waals surface area contributed by atoms with Gasteiger partial charge in [-0.15, -0.1) is 11.3 Å². The molecule has 0 bridgehead atoms. The highest BCUT2D eigenvalue weighted by atomic mass is 32.1. The monoisotopic (exact) mass is 329 g/mol. The first-order chi connectivity index (χ1) is 11.0. The predicted octanol–water partition coefficient (Wildman–Crippen LogP) is 3.42. The first-order valence-corrected chi connectivity index (χ1v) is 8.70. The molecule has 0 aromatic carbocycles. The summed E-state index contributed by atoms with van der Waals surface area (Å²) in [6, 6.07) is 7.63. The zero-order valence-corrected chi connectivity index (χ0v) is 14.0. The molecule has 120 valence electrons. The fraction of sp³-hybridized carbons (Fsp3) is 0.412. The number of fused-ring (bicyclic) bond motifs is 1. The summed E-state index contributed by atoms with van der Waals surface area (Å²) in [4.78, 5) is 18.3. The van der Waals surface area contributed by atoms with Crippen LogP contribution in [0.3, 0.4) is 0 Å². The van der Waals surface area contributed by atoms with Crippen LogP contribution in [0.4, 0.5) is 0 Å². The predicted molar refractivity (Wildman–Crippen MR) is 91.1 cm³/mol. The van der Waals surface area contributed by atoms with E-state index in [1.165, 1.54) is 4.52 Å². The maximum Gasteiger partial charge on any atom is 0.272 e. The lowest BCUT2D eigenvalue weighted by molar-refractivity contribution is -0.0597. The van der Waals surface area contributed by atoms with Crippen molar-refractivity contribution in [3.63, 3.8) is 0 Å². The van der Waals surface area contributed by atoms with E-state index in [1.54, 1.807) is 17.4 Å². The van der Waals surface area contributed by atoms with E-state index in [0.29, 0.717) is 12.3 Å². The van der Waals surface area contributed by atoms with Crippen molar-refractivity contribution in [2.45, 2.75) is 38.2 Å². The average molecular weight is 329 g/mol. The molecule has 1 atom stereocenters. The van der Waals surface area contributed by atoms with Crippen molar-refractivity contribution >= 4 is 17.0 Å². The molecule has 0 spiro atoms. The maximum absolute atomic E-state index is 12.5. The maximum atomic E-state index is 12.5. The van der Waals surface area contributed by atoms with Gasteiger partial charge >= 0.3 is 0 Å². The van der Waals surface area contributed by atoms with Gasteiger partial charge in [0, 0.05) is 24.7 Å². The summed E-state index contributed by atoms with van der Waals surface area (Å²) in [5.41, 5.74) is 2.27. The molecule has 1 unspecified atom stereocenters. The van der Waals surface area contributed by atoms with Gasteiger partial charge in [0.05, 0.1) is 21.9 Å². The summed E-state index contributed by atoms with van der Waals surface area (Å²) >= 11 is 1.64. The van der Waals surface area contributed by atoms with Crippen LogP contribution in [0.5, 0.6) is 0 Å². The fourth-order valence-electron chi connectivity index (χ4n) is 3.26. The van der Waals surface area contributed by atoms with Gasteiger partial charge in [-0.3, -0.25) is 9.89 Å². The summed E-state index contributed by atoms with van der Waals surface area (Å²) in [5, 5.41) is 5.16. The van der Waals surface area contributed by atoms with E-state index in [2.05, 4.69) is 18.9 Å². The molecule has 1 N–H and O–H groups in total. The summed E-state index contributed by atoms with van der Waals surface area (Å²) in [7, 11) is 0. The van der Waals surface area contributed by atoms with Gasteiger partial charge in [0.1, 0.15) is 0 Å². The summed E-state index contributed by atoms with van der Waals surface area (Å²) in [5.74, 6) is 0.275. The Morgan fingerprint density at radius 2 is 2.30 bits per heavy atom. The standard InChI is InChI=1S/C17H19N3O2S/c1-17(2)10-11(5-6-22-17)12-9-16(21)20-15(18-12)8-13(19-20)14-4-3-7-23-14/h3-4,7-9,11,19H,5-6,10H2,1-2H3. The number of rotatable bonds is 2. The number of hydrogen-bond acceptors (Lipinski definition) is 4. The number of nitrogens with zero attached hydrogens (tertiary/aromatic N) is 2. The normalized spacial score (nSPS) is 20.9. The van der Waals surface area contributed by atoms with Crippen molar-refractivity contribution in [1.29, 1.82) is 0 Å². The third kappa shape index (κ3) is 2.72. The Kier molecular flexibility index (Phi) is 3.39. The van der Waals surface area contributed by atoms with Crippen LogP contribution in [0.1, 0.15) is 38.3 Å². The van der Waals surface area contributed by atoms with Crippen molar-refractivity contribution in [3.05, 3.63) is 45.7 Å². The number of H-pyrrole nitrogens is 1. The Morgan fingerprint density at radius 3 is 3.04 bits per heavy atom. The van der Waals surface area contributed by atoms with Gasteiger partial charge in [-0.05, 0) is 38.1 Å². The van der Waals surface area contributed by atoms with E-state index >= 15 is 0 Å².